The average Bonchev–Trinajstić information content (AvgIpc) is 1.98. The van der Waals surface area contributed by atoms with Gasteiger partial charge in [-0.25, -0.2) is 0 Å². The van der Waals surface area contributed by atoms with Gasteiger partial charge in [0.05, 0.1) is 6.61 Å². The molecule has 0 saturated heterocycles. The molecule has 0 heterocycles. The van der Waals surface area contributed by atoms with E-state index >= 15 is 0 Å². The van der Waals surface area contributed by atoms with Crippen molar-refractivity contribution >= 4 is 11.8 Å². The van der Waals surface area contributed by atoms with Gasteiger partial charge in [0, 0.05) is 5.25 Å². The minimum Gasteiger partial charge on any atom is -0.395 e. The van der Waals surface area contributed by atoms with Crippen LogP contribution in [0.3, 0.4) is 0 Å². The van der Waals surface area contributed by atoms with Gasteiger partial charge in [-0.2, -0.15) is 11.8 Å². The van der Waals surface area contributed by atoms with Crippen molar-refractivity contribution in [3.63, 3.8) is 0 Å². The Labute approximate surface area is 67.5 Å². The summed E-state index contributed by atoms with van der Waals surface area (Å²) in [5.41, 5.74) is 0. The van der Waals surface area contributed by atoms with Gasteiger partial charge in [-0.3, -0.25) is 0 Å². The van der Waals surface area contributed by atoms with Crippen LogP contribution in [0.25, 0.3) is 0 Å². The van der Waals surface area contributed by atoms with Gasteiger partial charge in [-0.1, -0.05) is 13.0 Å². The van der Waals surface area contributed by atoms with Crippen LogP contribution in [0.15, 0.2) is 12.7 Å². The van der Waals surface area contributed by atoms with Crippen molar-refractivity contribution in [2.45, 2.75) is 25.0 Å². The first-order chi connectivity index (χ1) is 4.81. The highest BCUT2D eigenvalue weighted by atomic mass is 32.2. The molecule has 1 nitrogen and oxygen atoms in total. The van der Waals surface area contributed by atoms with Crippen LogP contribution in [0.5, 0.6) is 0 Å². The van der Waals surface area contributed by atoms with Crippen LogP contribution in [0.1, 0.15) is 19.8 Å². The van der Waals surface area contributed by atoms with Gasteiger partial charge in [0.1, 0.15) is 0 Å². The predicted octanol–water partition coefficient (Wildman–Crippen LogP) is 2.07. The normalized spacial score (nSPS) is 13.0. The van der Waals surface area contributed by atoms with Crippen LogP contribution in [-0.4, -0.2) is 22.7 Å². The molecule has 0 aromatic rings. The molecule has 1 atom stereocenters. The molecular formula is C8H16OS. The number of thioether (sulfide) groups is 1. The Kier molecular flexibility index (Phi) is 7.20. The molecule has 0 fully saturated rings. The first kappa shape index (κ1) is 10.0. The molecule has 0 rings (SSSR count). The van der Waals surface area contributed by atoms with E-state index in [1.54, 1.807) is 0 Å². The third kappa shape index (κ3) is 6.17. The molecule has 0 aliphatic rings. The third-order valence-electron chi connectivity index (χ3n) is 1.21. The van der Waals surface area contributed by atoms with Crippen molar-refractivity contribution in [1.29, 1.82) is 0 Å². The minimum atomic E-state index is 0.290. The van der Waals surface area contributed by atoms with E-state index < -0.39 is 0 Å². The van der Waals surface area contributed by atoms with Gasteiger partial charge in [-0.15, -0.1) is 6.58 Å². The van der Waals surface area contributed by atoms with Crippen molar-refractivity contribution in [2.75, 3.05) is 12.4 Å². The summed E-state index contributed by atoms with van der Waals surface area (Å²) in [5.74, 6) is 1.13. The van der Waals surface area contributed by atoms with Crippen LogP contribution < -0.4 is 0 Å². The average molecular weight is 160 g/mol. The van der Waals surface area contributed by atoms with E-state index in [1.165, 1.54) is 6.42 Å². The van der Waals surface area contributed by atoms with E-state index in [9.17, 15) is 0 Å². The first-order valence-electron chi connectivity index (χ1n) is 3.64. The quantitative estimate of drug-likeness (QED) is 0.474. The van der Waals surface area contributed by atoms with Gasteiger partial charge in [0.25, 0.3) is 0 Å². The zero-order valence-electron chi connectivity index (χ0n) is 6.55. The monoisotopic (exact) mass is 160 g/mol. The van der Waals surface area contributed by atoms with E-state index in [4.69, 9.17) is 5.11 Å². The maximum absolute atomic E-state index is 8.65. The Bertz CT molecular complexity index is 83.3. The van der Waals surface area contributed by atoms with Crippen LogP contribution in [0.4, 0.5) is 0 Å². The third-order valence-corrected chi connectivity index (χ3v) is 2.45. The lowest BCUT2D eigenvalue weighted by atomic mass is 10.3. The Morgan fingerprint density at radius 1 is 1.70 bits per heavy atom. The van der Waals surface area contributed by atoms with Crippen molar-refractivity contribution in [3.05, 3.63) is 12.7 Å². The molecule has 0 bridgehead atoms. The van der Waals surface area contributed by atoms with Crippen LogP contribution in [0, 0.1) is 0 Å². The number of hydrogen-bond donors (Lipinski definition) is 1. The summed E-state index contributed by atoms with van der Waals surface area (Å²) in [5, 5.41) is 9.04. The van der Waals surface area contributed by atoms with E-state index in [1.807, 2.05) is 24.8 Å². The fraction of sp³-hybridized carbons (Fsp3) is 0.750. The summed E-state index contributed by atoms with van der Waals surface area (Å²) in [6.07, 6.45) is 4.20. The Morgan fingerprint density at radius 3 is 2.90 bits per heavy atom. The highest BCUT2D eigenvalue weighted by molar-refractivity contribution is 7.99. The number of allylic oxidation sites excluding steroid dienone is 1. The molecule has 0 amide bonds. The van der Waals surface area contributed by atoms with E-state index in [0.29, 0.717) is 11.9 Å². The molecule has 60 valence electrons. The molecule has 0 aliphatic carbocycles. The van der Waals surface area contributed by atoms with Crippen molar-refractivity contribution in [1.82, 2.24) is 0 Å². The highest BCUT2D eigenvalue weighted by Gasteiger charge is 1.97. The number of unbranched alkanes of at least 4 members (excludes halogenated alkanes) is 1. The van der Waals surface area contributed by atoms with E-state index in [-0.39, 0.29) is 0 Å². The summed E-state index contributed by atoms with van der Waals surface area (Å²) < 4.78 is 0. The van der Waals surface area contributed by atoms with E-state index in [0.717, 1.165) is 12.2 Å². The summed E-state index contributed by atoms with van der Waals surface area (Å²) in [4.78, 5) is 0. The summed E-state index contributed by atoms with van der Waals surface area (Å²) in [6, 6.07) is 0. The second kappa shape index (κ2) is 7.16. The molecule has 10 heavy (non-hydrogen) atoms. The van der Waals surface area contributed by atoms with Crippen molar-refractivity contribution < 1.29 is 5.11 Å². The molecule has 1 N–H and O–H groups in total. The second-order valence-electron chi connectivity index (χ2n) is 2.29. The zero-order chi connectivity index (χ0) is 7.82. The molecule has 0 aliphatic heterocycles. The summed E-state index contributed by atoms with van der Waals surface area (Å²) >= 11 is 1.82. The Hall–Kier alpha value is 0.0500. The molecule has 1 unspecified atom stereocenters. The van der Waals surface area contributed by atoms with Gasteiger partial charge < -0.3 is 5.11 Å². The maximum atomic E-state index is 8.65. The van der Waals surface area contributed by atoms with Gasteiger partial charge >= 0.3 is 0 Å². The minimum absolute atomic E-state index is 0.290. The smallest absolute Gasteiger partial charge is 0.0547 e. The number of aliphatic hydroxyl groups excluding tert-OH is 1. The molecule has 2 heteroatoms. The maximum Gasteiger partial charge on any atom is 0.0547 e. The predicted molar refractivity (Wildman–Crippen MR) is 48.4 cm³/mol. The van der Waals surface area contributed by atoms with Crippen molar-refractivity contribution in [3.8, 4) is 0 Å². The first-order valence-corrected chi connectivity index (χ1v) is 4.69. The largest absolute Gasteiger partial charge is 0.395 e. The van der Waals surface area contributed by atoms with Gasteiger partial charge in [0.15, 0.2) is 0 Å². The Balaban J connectivity index is 2.95. The number of hydrogen-bond acceptors (Lipinski definition) is 2. The number of rotatable bonds is 6. The Morgan fingerprint density at radius 2 is 2.40 bits per heavy atom. The molecule has 0 aromatic carbocycles. The second-order valence-corrected chi connectivity index (χ2v) is 3.84. The van der Waals surface area contributed by atoms with Gasteiger partial charge in [-0.05, 0) is 18.6 Å². The lowest BCUT2D eigenvalue weighted by Gasteiger charge is -2.05. The van der Waals surface area contributed by atoms with Gasteiger partial charge in [0.2, 0.25) is 0 Å². The molecular weight excluding hydrogens is 144 g/mol. The summed E-state index contributed by atoms with van der Waals surface area (Å²) in [7, 11) is 0. The lowest BCUT2D eigenvalue weighted by Crippen LogP contribution is -2.02. The molecule has 0 aromatic heterocycles. The SMILES string of the molecule is C=CCCCSC(C)CO. The van der Waals surface area contributed by atoms with Crippen LogP contribution in [0.2, 0.25) is 0 Å². The zero-order valence-corrected chi connectivity index (χ0v) is 7.36. The van der Waals surface area contributed by atoms with E-state index in [2.05, 4.69) is 6.58 Å². The fourth-order valence-electron chi connectivity index (χ4n) is 0.565. The fourth-order valence-corrected chi connectivity index (χ4v) is 1.41. The standard InChI is InChI=1S/C8H16OS/c1-3-4-5-6-10-8(2)7-9/h3,8-9H,1,4-7H2,2H3. The number of aliphatic hydroxyl groups is 1. The van der Waals surface area contributed by atoms with Crippen molar-refractivity contribution in [2.24, 2.45) is 0 Å². The highest BCUT2D eigenvalue weighted by Crippen LogP contribution is 2.11. The summed E-state index contributed by atoms with van der Waals surface area (Å²) in [6.45, 7) is 5.97. The molecule has 0 saturated carbocycles. The van der Waals surface area contributed by atoms with Crippen LogP contribution >= 0.6 is 11.8 Å². The van der Waals surface area contributed by atoms with Crippen LogP contribution in [-0.2, 0) is 0 Å². The molecule has 0 radical (unpaired) electrons. The lowest BCUT2D eigenvalue weighted by molar-refractivity contribution is 0.300. The topological polar surface area (TPSA) is 20.2 Å². The molecule has 0 spiro atoms.